The predicted octanol–water partition coefficient (Wildman–Crippen LogP) is 2.52. The van der Waals surface area contributed by atoms with Crippen LogP contribution < -0.4 is 0 Å². The Morgan fingerprint density at radius 1 is 0.897 bits per heavy atom. The van der Waals surface area contributed by atoms with Gasteiger partial charge in [0.15, 0.2) is 9.84 Å². The molecule has 0 spiro atoms. The lowest BCUT2D eigenvalue weighted by molar-refractivity contribution is 0.116. The van der Waals surface area contributed by atoms with Crippen molar-refractivity contribution in [3.8, 4) is 0 Å². The van der Waals surface area contributed by atoms with E-state index in [1.165, 1.54) is 11.8 Å². The fourth-order valence-electron chi connectivity index (χ4n) is 4.13. The van der Waals surface area contributed by atoms with Crippen LogP contribution >= 0.6 is 0 Å². The zero-order valence-corrected chi connectivity index (χ0v) is 17.7. The molecule has 2 aliphatic rings. The highest BCUT2D eigenvalue weighted by atomic mass is 32.2. The lowest BCUT2D eigenvalue weighted by atomic mass is 10.1. The van der Waals surface area contributed by atoms with Crippen LogP contribution in [0.25, 0.3) is 0 Å². The van der Waals surface area contributed by atoms with Crippen molar-refractivity contribution in [2.24, 2.45) is 0 Å². The molecule has 2 aliphatic heterocycles. The van der Waals surface area contributed by atoms with Gasteiger partial charge in [-0.15, -0.1) is 0 Å². The topological polar surface area (TPSA) is 60.9 Å². The van der Waals surface area contributed by atoms with Crippen molar-refractivity contribution >= 4 is 15.9 Å². The number of sulfone groups is 1. The number of carbonyl (C=O) groups excluding carboxylic acids is 1. The molecule has 29 heavy (non-hydrogen) atoms. The molecule has 0 radical (unpaired) electrons. The van der Waals surface area contributed by atoms with E-state index in [2.05, 4.69) is 36.1 Å². The number of amides is 2. The molecule has 2 fully saturated rings. The highest BCUT2D eigenvalue weighted by Crippen LogP contribution is 2.24. The number of piperazine rings is 1. The third kappa shape index (κ3) is 4.46. The third-order valence-electron chi connectivity index (χ3n) is 5.77. The van der Waals surface area contributed by atoms with Gasteiger partial charge in [0.2, 0.25) is 0 Å². The summed E-state index contributed by atoms with van der Waals surface area (Å²) in [6, 6.07) is 15.8. The van der Waals surface area contributed by atoms with Crippen LogP contribution in [0.4, 0.5) is 4.79 Å². The molecule has 2 amide bonds. The summed E-state index contributed by atoms with van der Waals surface area (Å²) in [5.74, 6) is 0. The van der Waals surface area contributed by atoms with Gasteiger partial charge in [-0.3, -0.25) is 4.90 Å². The SMILES string of the molecule is Cc1ccc(CN2CC3CN(Cc4ccc(S(C)(=O)=O)cc4)CCN3C2=O)cc1. The first-order valence-corrected chi connectivity index (χ1v) is 11.8. The van der Waals surface area contributed by atoms with Gasteiger partial charge in [-0.2, -0.15) is 0 Å². The molecule has 0 aliphatic carbocycles. The molecule has 4 rings (SSSR count). The van der Waals surface area contributed by atoms with Crippen molar-refractivity contribution in [3.63, 3.8) is 0 Å². The summed E-state index contributed by atoms with van der Waals surface area (Å²) in [6.07, 6.45) is 1.22. The van der Waals surface area contributed by atoms with Gasteiger partial charge in [-0.05, 0) is 30.2 Å². The van der Waals surface area contributed by atoms with E-state index in [-0.39, 0.29) is 12.1 Å². The van der Waals surface area contributed by atoms with E-state index in [4.69, 9.17) is 0 Å². The Labute approximate surface area is 172 Å². The van der Waals surface area contributed by atoms with Crippen LogP contribution in [0.3, 0.4) is 0 Å². The second kappa shape index (κ2) is 7.80. The lowest BCUT2D eigenvalue weighted by Crippen LogP contribution is -2.51. The molecule has 6 nitrogen and oxygen atoms in total. The number of hydrogen-bond donors (Lipinski definition) is 0. The summed E-state index contributed by atoms with van der Waals surface area (Å²) in [5.41, 5.74) is 3.47. The standard InChI is InChI=1S/C22H27N3O3S/c1-17-3-5-19(6-4-17)14-24-16-20-15-23(11-12-25(20)22(24)26)13-18-7-9-21(10-8-18)29(2,27)28/h3-10,20H,11-16H2,1-2H3. The summed E-state index contributed by atoms with van der Waals surface area (Å²) in [7, 11) is -3.17. The maximum absolute atomic E-state index is 12.8. The van der Waals surface area contributed by atoms with Crippen molar-refractivity contribution in [1.82, 2.24) is 14.7 Å². The summed E-state index contributed by atoms with van der Waals surface area (Å²) < 4.78 is 23.2. The highest BCUT2D eigenvalue weighted by molar-refractivity contribution is 7.90. The summed E-state index contributed by atoms with van der Waals surface area (Å²) in [4.78, 5) is 19.4. The van der Waals surface area contributed by atoms with Crippen molar-refractivity contribution < 1.29 is 13.2 Å². The molecule has 2 saturated heterocycles. The summed E-state index contributed by atoms with van der Waals surface area (Å²) in [5, 5.41) is 0. The predicted molar refractivity (Wildman–Crippen MR) is 112 cm³/mol. The maximum atomic E-state index is 12.8. The van der Waals surface area contributed by atoms with Crippen LogP contribution in [-0.2, 0) is 22.9 Å². The van der Waals surface area contributed by atoms with Gasteiger partial charge in [0.05, 0.1) is 10.9 Å². The van der Waals surface area contributed by atoms with Crippen molar-refractivity contribution in [2.75, 3.05) is 32.4 Å². The third-order valence-corrected chi connectivity index (χ3v) is 6.89. The molecule has 154 valence electrons. The fourth-order valence-corrected chi connectivity index (χ4v) is 4.76. The molecule has 2 aromatic carbocycles. The van der Waals surface area contributed by atoms with Gasteiger partial charge < -0.3 is 9.80 Å². The zero-order chi connectivity index (χ0) is 20.6. The van der Waals surface area contributed by atoms with E-state index in [1.807, 2.05) is 21.9 Å². The van der Waals surface area contributed by atoms with Crippen molar-refractivity contribution in [1.29, 1.82) is 0 Å². The first kappa shape index (κ1) is 19.9. The highest BCUT2D eigenvalue weighted by Gasteiger charge is 2.40. The molecule has 0 bridgehead atoms. The maximum Gasteiger partial charge on any atom is 0.320 e. The number of carbonyl (C=O) groups is 1. The van der Waals surface area contributed by atoms with E-state index < -0.39 is 9.84 Å². The van der Waals surface area contributed by atoms with E-state index in [0.717, 1.165) is 43.9 Å². The first-order valence-electron chi connectivity index (χ1n) is 9.92. The van der Waals surface area contributed by atoms with Crippen molar-refractivity contribution in [3.05, 3.63) is 65.2 Å². The number of urea groups is 1. The zero-order valence-electron chi connectivity index (χ0n) is 16.9. The smallest absolute Gasteiger partial charge is 0.318 e. The van der Waals surface area contributed by atoms with Gasteiger partial charge in [0.1, 0.15) is 0 Å². The molecular formula is C22H27N3O3S. The van der Waals surface area contributed by atoms with Gasteiger partial charge in [-0.25, -0.2) is 13.2 Å². The Balaban J connectivity index is 1.37. The molecule has 2 aromatic rings. The number of aryl methyl sites for hydroxylation is 1. The number of rotatable bonds is 5. The Kier molecular flexibility index (Phi) is 5.36. The van der Waals surface area contributed by atoms with Crippen LogP contribution in [0.2, 0.25) is 0 Å². The Morgan fingerprint density at radius 2 is 1.52 bits per heavy atom. The summed E-state index contributed by atoms with van der Waals surface area (Å²) in [6.45, 7) is 6.62. The van der Waals surface area contributed by atoms with Crippen LogP contribution in [-0.4, -0.2) is 67.6 Å². The Hall–Kier alpha value is -2.38. The van der Waals surface area contributed by atoms with Crippen LogP contribution in [0.15, 0.2) is 53.4 Å². The van der Waals surface area contributed by atoms with E-state index >= 15 is 0 Å². The largest absolute Gasteiger partial charge is 0.320 e. The quantitative estimate of drug-likeness (QED) is 0.756. The van der Waals surface area contributed by atoms with Crippen LogP contribution in [0, 0.1) is 6.92 Å². The second-order valence-corrected chi connectivity index (χ2v) is 10.2. The molecule has 1 unspecified atom stereocenters. The molecule has 0 saturated carbocycles. The van der Waals surface area contributed by atoms with Crippen LogP contribution in [0.1, 0.15) is 16.7 Å². The number of fused-ring (bicyclic) bond motifs is 1. The minimum atomic E-state index is -3.17. The molecule has 0 aromatic heterocycles. The molecule has 2 heterocycles. The van der Waals surface area contributed by atoms with Gasteiger partial charge >= 0.3 is 6.03 Å². The fraction of sp³-hybridized carbons (Fsp3) is 0.409. The average molecular weight is 414 g/mol. The number of hydrogen-bond acceptors (Lipinski definition) is 4. The summed E-state index contributed by atoms with van der Waals surface area (Å²) >= 11 is 0. The molecule has 7 heteroatoms. The monoisotopic (exact) mass is 413 g/mol. The number of benzene rings is 2. The van der Waals surface area contributed by atoms with E-state index in [1.54, 1.807) is 12.1 Å². The van der Waals surface area contributed by atoms with Gasteiger partial charge in [0, 0.05) is 45.5 Å². The van der Waals surface area contributed by atoms with Gasteiger partial charge in [-0.1, -0.05) is 42.0 Å². The Morgan fingerprint density at radius 3 is 2.17 bits per heavy atom. The molecular weight excluding hydrogens is 386 g/mol. The molecule has 1 atom stereocenters. The van der Waals surface area contributed by atoms with Crippen molar-refractivity contribution in [2.45, 2.75) is 31.0 Å². The average Bonchev–Trinajstić information content (AvgIpc) is 2.98. The minimum Gasteiger partial charge on any atom is -0.318 e. The first-order chi connectivity index (χ1) is 13.8. The normalized spacial score (nSPS) is 20.2. The number of nitrogens with zero attached hydrogens (tertiary/aromatic N) is 3. The second-order valence-electron chi connectivity index (χ2n) is 8.15. The lowest BCUT2D eigenvalue weighted by Gasteiger charge is -2.36. The van der Waals surface area contributed by atoms with Gasteiger partial charge in [0.25, 0.3) is 0 Å². The minimum absolute atomic E-state index is 0.132. The Bertz CT molecular complexity index is 987. The van der Waals surface area contributed by atoms with Crippen LogP contribution in [0.5, 0.6) is 0 Å². The van der Waals surface area contributed by atoms with E-state index in [0.29, 0.717) is 11.4 Å². The van der Waals surface area contributed by atoms with E-state index in [9.17, 15) is 13.2 Å². The molecule has 0 N–H and O–H groups in total.